The zero-order valence-corrected chi connectivity index (χ0v) is 12.4. The Morgan fingerprint density at radius 3 is 2.63 bits per heavy atom. The average molecular weight is 265 g/mol. The van der Waals surface area contributed by atoms with Crippen molar-refractivity contribution in [3.05, 3.63) is 17.6 Å². The van der Waals surface area contributed by atoms with Crippen molar-refractivity contribution in [3.8, 4) is 0 Å². The van der Waals surface area contributed by atoms with Crippen LogP contribution in [0.3, 0.4) is 0 Å². The topological polar surface area (TPSA) is 64.1 Å². The van der Waals surface area contributed by atoms with Gasteiger partial charge in [0, 0.05) is 31.9 Å². The Bertz CT molecular complexity index is 439. The van der Waals surface area contributed by atoms with Gasteiger partial charge >= 0.3 is 0 Å². The molecule has 1 heterocycles. The number of carbonyl (C=O) groups is 1. The maximum atomic E-state index is 11.6. The SMILES string of the molecule is COCCCNc1nc(C(C)(C)C)ncc1C(C)=O. The van der Waals surface area contributed by atoms with Crippen LogP contribution in [-0.2, 0) is 10.2 Å². The molecule has 1 N–H and O–H groups in total. The second kappa shape index (κ2) is 6.61. The van der Waals surface area contributed by atoms with Crippen molar-refractivity contribution >= 4 is 11.6 Å². The van der Waals surface area contributed by atoms with Crippen molar-refractivity contribution in [1.29, 1.82) is 0 Å². The number of ketones is 1. The van der Waals surface area contributed by atoms with Crippen molar-refractivity contribution in [2.45, 2.75) is 39.5 Å². The summed E-state index contributed by atoms with van der Waals surface area (Å²) in [5.74, 6) is 1.31. The highest BCUT2D eigenvalue weighted by Crippen LogP contribution is 2.21. The molecule has 0 bridgehead atoms. The van der Waals surface area contributed by atoms with Gasteiger partial charge in [-0.3, -0.25) is 4.79 Å². The van der Waals surface area contributed by atoms with Gasteiger partial charge in [-0.05, 0) is 13.3 Å². The lowest BCUT2D eigenvalue weighted by Crippen LogP contribution is -2.19. The van der Waals surface area contributed by atoms with Crippen molar-refractivity contribution in [3.63, 3.8) is 0 Å². The van der Waals surface area contributed by atoms with Crippen LogP contribution in [-0.4, -0.2) is 36.0 Å². The second-order valence-electron chi connectivity index (χ2n) is 5.54. The summed E-state index contributed by atoms with van der Waals surface area (Å²) in [6.45, 7) is 9.06. The first-order chi connectivity index (χ1) is 8.86. The average Bonchev–Trinajstić information content (AvgIpc) is 2.33. The Morgan fingerprint density at radius 2 is 2.11 bits per heavy atom. The minimum atomic E-state index is -0.141. The van der Waals surface area contributed by atoms with Gasteiger partial charge in [0.1, 0.15) is 11.6 Å². The number of hydrogen-bond acceptors (Lipinski definition) is 5. The Morgan fingerprint density at radius 1 is 1.42 bits per heavy atom. The van der Waals surface area contributed by atoms with Crippen LogP contribution in [0.5, 0.6) is 0 Å². The highest BCUT2D eigenvalue weighted by molar-refractivity contribution is 5.98. The molecular weight excluding hydrogens is 242 g/mol. The number of methoxy groups -OCH3 is 1. The zero-order valence-electron chi connectivity index (χ0n) is 12.4. The van der Waals surface area contributed by atoms with Crippen LogP contribution >= 0.6 is 0 Å². The molecule has 5 heteroatoms. The Kier molecular flexibility index (Phi) is 5.42. The predicted octanol–water partition coefficient (Wildman–Crippen LogP) is 2.43. The van der Waals surface area contributed by atoms with Gasteiger partial charge in [0.15, 0.2) is 5.78 Å². The fourth-order valence-corrected chi connectivity index (χ4v) is 1.56. The van der Waals surface area contributed by atoms with Crippen molar-refractivity contribution in [1.82, 2.24) is 9.97 Å². The maximum Gasteiger partial charge on any atom is 0.165 e. The molecular formula is C14H23N3O2. The lowest BCUT2D eigenvalue weighted by Gasteiger charge is -2.18. The fourth-order valence-electron chi connectivity index (χ4n) is 1.56. The summed E-state index contributed by atoms with van der Waals surface area (Å²) in [6, 6.07) is 0. The molecule has 0 fully saturated rings. The smallest absolute Gasteiger partial charge is 0.165 e. The molecule has 0 amide bonds. The van der Waals surface area contributed by atoms with Gasteiger partial charge in [-0.1, -0.05) is 20.8 Å². The molecule has 1 rings (SSSR count). The third kappa shape index (κ3) is 4.59. The summed E-state index contributed by atoms with van der Waals surface area (Å²) >= 11 is 0. The standard InChI is InChI=1S/C14H23N3O2/c1-10(18)11-9-16-13(14(2,3)4)17-12(11)15-7-6-8-19-5/h9H,6-8H2,1-5H3,(H,15,16,17). The first kappa shape index (κ1) is 15.6. The molecule has 0 aliphatic rings. The van der Waals surface area contributed by atoms with Gasteiger partial charge in [0.2, 0.25) is 0 Å². The molecule has 0 spiro atoms. The molecule has 0 unspecified atom stereocenters. The lowest BCUT2D eigenvalue weighted by atomic mass is 9.95. The molecule has 106 valence electrons. The molecule has 0 saturated carbocycles. The third-order valence-electron chi connectivity index (χ3n) is 2.66. The quantitative estimate of drug-likeness (QED) is 0.632. The fraction of sp³-hybridized carbons (Fsp3) is 0.643. The van der Waals surface area contributed by atoms with Gasteiger partial charge in [0.25, 0.3) is 0 Å². The van der Waals surface area contributed by atoms with Crippen LogP contribution in [0.25, 0.3) is 0 Å². The lowest BCUT2D eigenvalue weighted by molar-refractivity contribution is 0.101. The molecule has 1 aromatic rings. The summed E-state index contributed by atoms with van der Waals surface area (Å²) in [7, 11) is 1.67. The first-order valence-electron chi connectivity index (χ1n) is 6.47. The molecule has 0 aliphatic carbocycles. The van der Waals surface area contributed by atoms with Gasteiger partial charge in [0.05, 0.1) is 5.56 Å². The Balaban J connectivity index is 2.93. The minimum Gasteiger partial charge on any atom is -0.385 e. The predicted molar refractivity (Wildman–Crippen MR) is 75.7 cm³/mol. The number of carbonyl (C=O) groups excluding carboxylic acids is 1. The van der Waals surface area contributed by atoms with E-state index in [2.05, 4.69) is 15.3 Å². The van der Waals surface area contributed by atoms with Crippen LogP contribution in [0.1, 0.15) is 50.3 Å². The number of hydrogen-bond donors (Lipinski definition) is 1. The number of Topliss-reactive ketones (excluding diaryl/α,β-unsaturated/α-hetero) is 1. The summed E-state index contributed by atoms with van der Waals surface area (Å²) in [5, 5.41) is 3.19. The minimum absolute atomic E-state index is 0.0327. The summed E-state index contributed by atoms with van der Waals surface area (Å²) in [4.78, 5) is 20.3. The normalized spacial score (nSPS) is 11.4. The van der Waals surface area contributed by atoms with E-state index in [4.69, 9.17) is 4.74 Å². The Labute approximate surface area is 114 Å². The monoisotopic (exact) mass is 265 g/mol. The summed E-state index contributed by atoms with van der Waals surface area (Å²) in [6.07, 6.45) is 2.47. The van der Waals surface area contributed by atoms with Gasteiger partial charge in [-0.25, -0.2) is 9.97 Å². The van der Waals surface area contributed by atoms with Gasteiger partial charge in [-0.2, -0.15) is 0 Å². The van der Waals surface area contributed by atoms with Crippen LogP contribution in [0, 0.1) is 0 Å². The van der Waals surface area contributed by atoms with E-state index in [0.717, 1.165) is 12.2 Å². The van der Waals surface area contributed by atoms with Crippen LogP contribution in [0.2, 0.25) is 0 Å². The number of ether oxygens (including phenoxy) is 1. The molecule has 0 radical (unpaired) electrons. The van der Waals surface area contributed by atoms with Crippen LogP contribution < -0.4 is 5.32 Å². The molecule has 0 aliphatic heterocycles. The molecule has 0 saturated heterocycles. The molecule has 19 heavy (non-hydrogen) atoms. The second-order valence-corrected chi connectivity index (χ2v) is 5.54. The van der Waals surface area contributed by atoms with E-state index < -0.39 is 0 Å². The number of aromatic nitrogens is 2. The number of anilines is 1. The number of nitrogens with zero attached hydrogens (tertiary/aromatic N) is 2. The van der Waals surface area contributed by atoms with E-state index in [1.807, 2.05) is 20.8 Å². The molecule has 5 nitrogen and oxygen atoms in total. The van der Waals surface area contributed by atoms with E-state index in [9.17, 15) is 4.79 Å². The summed E-state index contributed by atoms with van der Waals surface area (Å²) in [5.41, 5.74) is 0.392. The van der Waals surface area contributed by atoms with E-state index in [-0.39, 0.29) is 11.2 Å². The van der Waals surface area contributed by atoms with Crippen molar-refractivity contribution < 1.29 is 9.53 Å². The molecule has 0 aromatic carbocycles. The van der Waals surface area contributed by atoms with E-state index >= 15 is 0 Å². The van der Waals surface area contributed by atoms with Crippen molar-refractivity contribution in [2.75, 3.05) is 25.6 Å². The highest BCUT2D eigenvalue weighted by Gasteiger charge is 2.20. The number of nitrogens with one attached hydrogen (secondary N) is 1. The van der Waals surface area contributed by atoms with Crippen LogP contribution in [0.15, 0.2) is 6.20 Å². The largest absolute Gasteiger partial charge is 0.385 e. The van der Waals surface area contributed by atoms with E-state index in [1.165, 1.54) is 6.92 Å². The zero-order chi connectivity index (χ0) is 14.5. The molecule has 0 atom stereocenters. The van der Waals surface area contributed by atoms with Gasteiger partial charge < -0.3 is 10.1 Å². The maximum absolute atomic E-state index is 11.6. The number of rotatable bonds is 6. The van der Waals surface area contributed by atoms with E-state index in [0.29, 0.717) is 24.5 Å². The van der Waals surface area contributed by atoms with Crippen molar-refractivity contribution in [2.24, 2.45) is 0 Å². The summed E-state index contributed by atoms with van der Waals surface area (Å²) < 4.78 is 5.00. The van der Waals surface area contributed by atoms with Crippen LogP contribution in [0.4, 0.5) is 5.82 Å². The van der Waals surface area contributed by atoms with E-state index in [1.54, 1.807) is 13.3 Å². The highest BCUT2D eigenvalue weighted by atomic mass is 16.5. The Hall–Kier alpha value is -1.49. The molecule has 1 aromatic heterocycles. The van der Waals surface area contributed by atoms with Gasteiger partial charge in [-0.15, -0.1) is 0 Å². The third-order valence-corrected chi connectivity index (χ3v) is 2.66. The first-order valence-corrected chi connectivity index (χ1v) is 6.47.